The highest BCUT2D eigenvalue weighted by Crippen LogP contribution is 2.32. The third kappa shape index (κ3) is 1.69. The minimum Gasteiger partial charge on any atom is -0.339 e. The molecular formula is C17H11ClN2. The zero-order valence-electron chi connectivity index (χ0n) is 10.6. The molecule has 96 valence electrons. The predicted molar refractivity (Wildman–Crippen MR) is 84.0 cm³/mol. The molecule has 3 heteroatoms. The number of benzene rings is 2. The molecule has 0 spiro atoms. The second-order valence-electron chi connectivity index (χ2n) is 4.76. The van der Waals surface area contributed by atoms with Crippen LogP contribution in [-0.2, 0) is 0 Å². The minimum atomic E-state index is 0.523. The van der Waals surface area contributed by atoms with Crippen LogP contribution in [-0.4, -0.2) is 9.97 Å². The molecule has 0 aliphatic heterocycles. The standard InChI is InChI=1S/C17H11ClN2/c18-16-13(11-6-2-1-3-7-11)10-14-12-8-4-5-9-15(12)19-17(14)20-16/h1-10H,(H,19,20). The zero-order valence-corrected chi connectivity index (χ0v) is 11.4. The van der Waals surface area contributed by atoms with Crippen molar-refractivity contribution in [2.75, 3.05) is 0 Å². The predicted octanol–water partition coefficient (Wildman–Crippen LogP) is 5.04. The maximum atomic E-state index is 6.33. The van der Waals surface area contributed by atoms with Gasteiger partial charge in [0.2, 0.25) is 0 Å². The summed E-state index contributed by atoms with van der Waals surface area (Å²) in [5, 5.41) is 2.79. The fourth-order valence-electron chi connectivity index (χ4n) is 2.57. The molecule has 0 saturated carbocycles. The van der Waals surface area contributed by atoms with E-state index in [2.05, 4.69) is 22.1 Å². The van der Waals surface area contributed by atoms with Crippen molar-refractivity contribution in [3.63, 3.8) is 0 Å². The van der Waals surface area contributed by atoms with Gasteiger partial charge in [-0.25, -0.2) is 4.98 Å². The van der Waals surface area contributed by atoms with E-state index in [4.69, 9.17) is 11.6 Å². The van der Waals surface area contributed by atoms with Crippen molar-refractivity contribution in [2.45, 2.75) is 0 Å². The lowest BCUT2D eigenvalue weighted by Crippen LogP contribution is -1.84. The Balaban J connectivity index is 2.08. The minimum absolute atomic E-state index is 0.523. The number of pyridine rings is 1. The molecule has 0 amide bonds. The van der Waals surface area contributed by atoms with Gasteiger partial charge in [-0.1, -0.05) is 60.1 Å². The third-order valence-electron chi connectivity index (χ3n) is 3.53. The van der Waals surface area contributed by atoms with Crippen molar-refractivity contribution >= 4 is 33.5 Å². The van der Waals surface area contributed by atoms with Crippen molar-refractivity contribution in [3.05, 3.63) is 65.8 Å². The second-order valence-corrected chi connectivity index (χ2v) is 5.12. The van der Waals surface area contributed by atoms with E-state index < -0.39 is 0 Å². The molecule has 0 aliphatic rings. The first-order valence-corrected chi connectivity index (χ1v) is 6.83. The van der Waals surface area contributed by atoms with Crippen LogP contribution in [0.5, 0.6) is 0 Å². The van der Waals surface area contributed by atoms with Gasteiger partial charge < -0.3 is 4.98 Å². The highest BCUT2D eigenvalue weighted by Gasteiger charge is 2.11. The van der Waals surface area contributed by atoms with Gasteiger partial charge in [0, 0.05) is 21.9 Å². The number of hydrogen-bond donors (Lipinski definition) is 1. The molecule has 4 rings (SSSR count). The first kappa shape index (κ1) is 11.5. The molecule has 2 aromatic carbocycles. The van der Waals surface area contributed by atoms with E-state index in [-0.39, 0.29) is 0 Å². The number of halogens is 1. The van der Waals surface area contributed by atoms with Crippen LogP contribution in [0, 0.1) is 0 Å². The summed E-state index contributed by atoms with van der Waals surface area (Å²) in [6.45, 7) is 0. The topological polar surface area (TPSA) is 28.7 Å². The summed E-state index contributed by atoms with van der Waals surface area (Å²) in [4.78, 5) is 7.80. The van der Waals surface area contributed by atoms with E-state index in [1.165, 1.54) is 5.39 Å². The quantitative estimate of drug-likeness (QED) is 0.486. The molecule has 0 atom stereocenters. The van der Waals surface area contributed by atoms with Crippen LogP contribution in [0.4, 0.5) is 0 Å². The lowest BCUT2D eigenvalue weighted by atomic mass is 10.1. The van der Waals surface area contributed by atoms with Crippen LogP contribution < -0.4 is 0 Å². The Bertz CT molecular complexity index is 910. The van der Waals surface area contributed by atoms with E-state index in [1.54, 1.807) is 0 Å². The molecule has 4 aromatic rings. The van der Waals surface area contributed by atoms with E-state index >= 15 is 0 Å². The molecule has 2 aromatic heterocycles. The Morgan fingerprint density at radius 2 is 1.60 bits per heavy atom. The summed E-state index contributed by atoms with van der Waals surface area (Å²) < 4.78 is 0. The average Bonchev–Trinajstić information content (AvgIpc) is 2.84. The molecule has 20 heavy (non-hydrogen) atoms. The monoisotopic (exact) mass is 278 g/mol. The highest BCUT2D eigenvalue weighted by molar-refractivity contribution is 6.33. The number of aromatic amines is 1. The lowest BCUT2D eigenvalue weighted by molar-refractivity contribution is 1.34. The molecule has 0 unspecified atom stereocenters. The number of rotatable bonds is 1. The van der Waals surface area contributed by atoms with Crippen molar-refractivity contribution in [2.24, 2.45) is 0 Å². The maximum Gasteiger partial charge on any atom is 0.140 e. The third-order valence-corrected chi connectivity index (χ3v) is 3.82. The Morgan fingerprint density at radius 3 is 2.45 bits per heavy atom. The number of nitrogens with one attached hydrogen (secondary N) is 1. The van der Waals surface area contributed by atoms with Gasteiger partial charge in [0.25, 0.3) is 0 Å². The SMILES string of the molecule is Clc1nc2[nH]c3ccccc3c2cc1-c1ccccc1. The van der Waals surface area contributed by atoms with Crippen molar-refractivity contribution in [1.29, 1.82) is 0 Å². The number of hydrogen-bond acceptors (Lipinski definition) is 1. The average molecular weight is 279 g/mol. The number of nitrogens with zero attached hydrogens (tertiary/aromatic N) is 1. The second kappa shape index (κ2) is 4.36. The van der Waals surface area contributed by atoms with Crippen molar-refractivity contribution in [1.82, 2.24) is 9.97 Å². The molecule has 0 fully saturated rings. The molecule has 0 aliphatic carbocycles. The molecular weight excluding hydrogens is 268 g/mol. The van der Waals surface area contributed by atoms with Gasteiger partial charge in [0.1, 0.15) is 10.8 Å². The Labute approximate surface area is 121 Å². The highest BCUT2D eigenvalue weighted by atomic mass is 35.5. The summed E-state index contributed by atoms with van der Waals surface area (Å²) >= 11 is 6.33. The van der Waals surface area contributed by atoms with Crippen LogP contribution in [0.25, 0.3) is 33.1 Å². The number of H-pyrrole nitrogens is 1. The Hall–Kier alpha value is -2.32. The smallest absolute Gasteiger partial charge is 0.140 e. The molecule has 0 saturated heterocycles. The van der Waals surface area contributed by atoms with Gasteiger partial charge >= 0.3 is 0 Å². The van der Waals surface area contributed by atoms with Crippen LogP contribution >= 0.6 is 11.6 Å². The zero-order chi connectivity index (χ0) is 13.5. The summed E-state index contributed by atoms with van der Waals surface area (Å²) in [6, 6.07) is 20.4. The lowest BCUT2D eigenvalue weighted by Gasteiger charge is -2.04. The van der Waals surface area contributed by atoms with E-state index in [0.29, 0.717) is 5.15 Å². The molecule has 1 N–H and O–H groups in total. The van der Waals surface area contributed by atoms with Crippen LogP contribution in [0.3, 0.4) is 0 Å². The van der Waals surface area contributed by atoms with E-state index in [9.17, 15) is 0 Å². The van der Waals surface area contributed by atoms with Crippen LogP contribution in [0.15, 0.2) is 60.7 Å². The van der Waals surface area contributed by atoms with Gasteiger partial charge in [-0.2, -0.15) is 0 Å². The first-order chi connectivity index (χ1) is 9.83. The van der Waals surface area contributed by atoms with Gasteiger partial charge in [-0.15, -0.1) is 0 Å². The largest absolute Gasteiger partial charge is 0.339 e. The van der Waals surface area contributed by atoms with E-state index in [1.807, 2.05) is 48.5 Å². The fraction of sp³-hybridized carbons (Fsp3) is 0. The van der Waals surface area contributed by atoms with Gasteiger partial charge in [-0.3, -0.25) is 0 Å². The Kier molecular flexibility index (Phi) is 2.51. The summed E-state index contributed by atoms with van der Waals surface area (Å²) in [5.41, 5.74) is 3.95. The van der Waals surface area contributed by atoms with Gasteiger partial charge in [0.05, 0.1) is 0 Å². The Morgan fingerprint density at radius 1 is 0.850 bits per heavy atom. The molecule has 2 nitrogen and oxygen atoms in total. The summed E-state index contributed by atoms with van der Waals surface area (Å²) in [5.74, 6) is 0. The number of fused-ring (bicyclic) bond motifs is 3. The maximum absolute atomic E-state index is 6.33. The van der Waals surface area contributed by atoms with Crippen molar-refractivity contribution in [3.8, 4) is 11.1 Å². The van der Waals surface area contributed by atoms with Crippen LogP contribution in [0.1, 0.15) is 0 Å². The van der Waals surface area contributed by atoms with Crippen LogP contribution in [0.2, 0.25) is 5.15 Å². The van der Waals surface area contributed by atoms with Crippen molar-refractivity contribution < 1.29 is 0 Å². The first-order valence-electron chi connectivity index (χ1n) is 6.45. The normalized spacial score (nSPS) is 11.2. The summed E-state index contributed by atoms with van der Waals surface area (Å²) in [7, 11) is 0. The fourth-order valence-corrected chi connectivity index (χ4v) is 2.81. The molecule has 0 radical (unpaired) electrons. The van der Waals surface area contributed by atoms with Gasteiger partial charge in [-0.05, 0) is 17.7 Å². The molecule has 2 heterocycles. The molecule has 0 bridgehead atoms. The summed E-state index contributed by atoms with van der Waals surface area (Å²) in [6.07, 6.45) is 0. The van der Waals surface area contributed by atoms with E-state index in [0.717, 1.165) is 27.7 Å². The number of para-hydroxylation sites is 1. The van der Waals surface area contributed by atoms with Gasteiger partial charge in [0.15, 0.2) is 0 Å². The number of aromatic nitrogens is 2.